The molecule has 0 radical (unpaired) electrons. The maximum Gasteiger partial charge on any atom is 0.253 e. The molecule has 1 rings (SSSR count). The van der Waals surface area contributed by atoms with Crippen molar-refractivity contribution in [2.24, 2.45) is 5.92 Å². The van der Waals surface area contributed by atoms with Gasteiger partial charge in [0.25, 0.3) is 5.91 Å². The number of rotatable bonds is 6. The maximum atomic E-state index is 12.0. The second-order valence-electron chi connectivity index (χ2n) is 4.44. The number of carbonyl (C=O) groups excluding carboxylic acids is 1. The molecular formula is C14H21BrN2O. The van der Waals surface area contributed by atoms with Gasteiger partial charge in [0.2, 0.25) is 0 Å². The van der Waals surface area contributed by atoms with Gasteiger partial charge in [-0.15, -0.1) is 0 Å². The van der Waals surface area contributed by atoms with Crippen LogP contribution >= 0.6 is 15.9 Å². The summed E-state index contributed by atoms with van der Waals surface area (Å²) in [6, 6.07) is 3.59. The van der Waals surface area contributed by atoms with Crippen molar-refractivity contribution in [2.75, 3.05) is 6.54 Å². The van der Waals surface area contributed by atoms with Gasteiger partial charge in [-0.2, -0.15) is 0 Å². The number of hydrogen-bond donors (Lipinski definition) is 1. The van der Waals surface area contributed by atoms with Crippen LogP contribution in [0.5, 0.6) is 0 Å². The van der Waals surface area contributed by atoms with Crippen LogP contribution in [0, 0.1) is 12.8 Å². The molecule has 0 aliphatic carbocycles. The lowest BCUT2D eigenvalue weighted by Gasteiger charge is -2.20. The average Bonchev–Trinajstić information content (AvgIpc) is 2.38. The molecule has 0 fully saturated rings. The van der Waals surface area contributed by atoms with E-state index in [1.54, 1.807) is 18.3 Å². The van der Waals surface area contributed by atoms with Gasteiger partial charge in [0.1, 0.15) is 0 Å². The molecule has 1 atom stereocenters. The Kier molecular flexibility index (Phi) is 6.33. The lowest BCUT2D eigenvalue weighted by atomic mass is 9.99. The van der Waals surface area contributed by atoms with Crippen molar-refractivity contribution in [2.45, 2.75) is 38.4 Å². The van der Waals surface area contributed by atoms with Crippen LogP contribution in [0.2, 0.25) is 0 Å². The van der Waals surface area contributed by atoms with Crippen molar-refractivity contribution >= 4 is 21.8 Å². The minimum absolute atomic E-state index is 0.0454. The molecule has 0 bridgehead atoms. The summed E-state index contributed by atoms with van der Waals surface area (Å²) in [4.78, 5) is 16.4. The smallest absolute Gasteiger partial charge is 0.253 e. The lowest BCUT2D eigenvalue weighted by molar-refractivity contribution is 0.0951. The maximum absolute atomic E-state index is 12.0. The molecule has 0 saturated heterocycles. The van der Waals surface area contributed by atoms with E-state index in [9.17, 15) is 4.79 Å². The molecular weight excluding hydrogens is 292 g/mol. The Labute approximate surface area is 118 Å². The van der Waals surface area contributed by atoms with Crippen LogP contribution in [0.25, 0.3) is 0 Å². The Hall–Kier alpha value is -0.900. The minimum atomic E-state index is -0.0454. The van der Waals surface area contributed by atoms with Gasteiger partial charge < -0.3 is 5.32 Å². The summed E-state index contributed by atoms with van der Waals surface area (Å²) in [5.41, 5.74) is 1.42. The zero-order valence-corrected chi connectivity index (χ0v) is 12.8. The van der Waals surface area contributed by atoms with Crippen molar-refractivity contribution in [1.82, 2.24) is 10.3 Å². The largest absolute Gasteiger partial charge is 0.351 e. The molecule has 3 nitrogen and oxygen atoms in total. The standard InChI is InChI=1S/C14H21BrN2O/c1-4-11(5-2)13(15)9-17-14(18)12-7-6-8-16-10(12)3/h6-8,11,13H,4-5,9H2,1-3H3,(H,17,18). The van der Waals surface area contributed by atoms with Crippen molar-refractivity contribution in [3.05, 3.63) is 29.6 Å². The second-order valence-corrected chi connectivity index (χ2v) is 5.62. The first-order chi connectivity index (χ1) is 8.60. The second kappa shape index (κ2) is 7.52. The summed E-state index contributed by atoms with van der Waals surface area (Å²) in [6.45, 7) is 6.85. The molecule has 1 aromatic heterocycles. The SMILES string of the molecule is CCC(CC)C(Br)CNC(=O)c1cccnc1C. The summed E-state index contributed by atoms with van der Waals surface area (Å²) in [6.07, 6.45) is 3.94. The van der Waals surface area contributed by atoms with Gasteiger partial charge in [-0.25, -0.2) is 0 Å². The van der Waals surface area contributed by atoms with Gasteiger partial charge in [0.15, 0.2) is 0 Å². The Morgan fingerprint density at radius 2 is 2.11 bits per heavy atom. The highest BCUT2D eigenvalue weighted by atomic mass is 79.9. The van der Waals surface area contributed by atoms with Crippen molar-refractivity contribution in [1.29, 1.82) is 0 Å². The van der Waals surface area contributed by atoms with Gasteiger partial charge in [-0.3, -0.25) is 9.78 Å². The first-order valence-corrected chi connectivity index (χ1v) is 7.35. The molecule has 100 valence electrons. The molecule has 4 heteroatoms. The lowest BCUT2D eigenvalue weighted by Crippen LogP contribution is -2.33. The Morgan fingerprint density at radius 3 is 2.67 bits per heavy atom. The molecule has 1 heterocycles. The predicted octanol–water partition coefficient (Wildman–Crippen LogP) is 3.32. The van der Waals surface area contributed by atoms with Crippen LogP contribution in [0.4, 0.5) is 0 Å². The van der Waals surface area contributed by atoms with E-state index in [-0.39, 0.29) is 5.91 Å². The molecule has 1 unspecified atom stereocenters. The zero-order valence-electron chi connectivity index (χ0n) is 11.2. The average molecular weight is 313 g/mol. The Morgan fingerprint density at radius 1 is 1.44 bits per heavy atom. The molecule has 0 saturated carbocycles. The highest BCUT2D eigenvalue weighted by Crippen LogP contribution is 2.19. The fourth-order valence-electron chi connectivity index (χ4n) is 1.98. The molecule has 0 aromatic carbocycles. The summed E-state index contributed by atoms with van der Waals surface area (Å²) in [5, 5.41) is 2.96. The monoisotopic (exact) mass is 312 g/mol. The molecule has 1 aromatic rings. The van der Waals surface area contributed by atoms with Crippen molar-refractivity contribution < 1.29 is 4.79 Å². The highest BCUT2D eigenvalue weighted by molar-refractivity contribution is 9.09. The zero-order chi connectivity index (χ0) is 13.5. The molecule has 0 spiro atoms. The Balaban J connectivity index is 2.54. The van der Waals surface area contributed by atoms with Gasteiger partial charge >= 0.3 is 0 Å². The summed E-state index contributed by atoms with van der Waals surface area (Å²) >= 11 is 3.65. The number of nitrogens with one attached hydrogen (secondary N) is 1. The van der Waals surface area contributed by atoms with Crippen LogP contribution in [0.3, 0.4) is 0 Å². The van der Waals surface area contributed by atoms with Crippen LogP contribution in [-0.4, -0.2) is 22.3 Å². The number of amides is 1. The van der Waals surface area contributed by atoms with E-state index in [0.29, 0.717) is 22.9 Å². The summed E-state index contributed by atoms with van der Waals surface area (Å²) < 4.78 is 0. The van der Waals surface area contributed by atoms with Crippen LogP contribution in [0.15, 0.2) is 18.3 Å². The quantitative estimate of drug-likeness (QED) is 0.819. The minimum Gasteiger partial charge on any atom is -0.351 e. The third kappa shape index (κ3) is 4.09. The van der Waals surface area contributed by atoms with Crippen LogP contribution in [-0.2, 0) is 0 Å². The highest BCUT2D eigenvalue weighted by Gasteiger charge is 2.17. The van der Waals surface area contributed by atoms with E-state index < -0.39 is 0 Å². The number of nitrogens with zero attached hydrogens (tertiary/aromatic N) is 1. The molecule has 0 aliphatic rings. The van der Waals surface area contributed by atoms with Crippen LogP contribution in [0.1, 0.15) is 42.7 Å². The van der Waals surface area contributed by atoms with E-state index in [1.165, 1.54) is 0 Å². The fourth-order valence-corrected chi connectivity index (χ4v) is 2.89. The number of aromatic nitrogens is 1. The number of hydrogen-bond acceptors (Lipinski definition) is 2. The first kappa shape index (κ1) is 15.2. The first-order valence-electron chi connectivity index (χ1n) is 6.44. The fraction of sp³-hybridized carbons (Fsp3) is 0.571. The van der Waals surface area contributed by atoms with E-state index in [4.69, 9.17) is 0 Å². The van der Waals surface area contributed by atoms with E-state index in [0.717, 1.165) is 18.5 Å². The summed E-state index contributed by atoms with van der Waals surface area (Å²) in [5.74, 6) is 0.552. The molecule has 0 aliphatic heterocycles. The van der Waals surface area contributed by atoms with Gasteiger partial charge in [-0.1, -0.05) is 42.6 Å². The topological polar surface area (TPSA) is 42.0 Å². The van der Waals surface area contributed by atoms with Gasteiger partial charge in [-0.05, 0) is 25.0 Å². The van der Waals surface area contributed by atoms with Crippen molar-refractivity contribution in [3.63, 3.8) is 0 Å². The normalized spacial score (nSPS) is 12.5. The van der Waals surface area contributed by atoms with E-state index in [2.05, 4.69) is 40.1 Å². The Bertz CT molecular complexity index is 391. The van der Waals surface area contributed by atoms with Crippen molar-refractivity contribution in [3.8, 4) is 0 Å². The van der Waals surface area contributed by atoms with E-state index in [1.807, 2.05) is 6.92 Å². The third-order valence-electron chi connectivity index (χ3n) is 3.27. The van der Waals surface area contributed by atoms with Gasteiger partial charge in [0.05, 0.1) is 5.56 Å². The predicted molar refractivity (Wildman–Crippen MR) is 78.1 cm³/mol. The van der Waals surface area contributed by atoms with E-state index >= 15 is 0 Å². The number of carbonyl (C=O) groups is 1. The number of aryl methyl sites for hydroxylation is 1. The third-order valence-corrected chi connectivity index (χ3v) is 4.34. The van der Waals surface area contributed by atoms with Crippen LogP contribution < -0.4 is 5.32 Å². The number of pyridine rings is 1. The number of alkyl halides is 1. The van der Waals surface area contributed by atoms with Gasteiger partial charge in [0, 0.05) is 23.3 Å². The number of halogens is 1. The molecule has 18 heavy (non-hydrogen) atoms. The molecule has 1 N–H and O–H groups in total. The molecule has 1 amide bonds. The summed E-state index contributed by atoms with van der Waals surface area (Å²) in [7, 11) is 0.